The standard InChI is InChI=1S/C13H12O3S/c1-8-7-10(3-4-11(8)13(14)15)17-12-5-6-16-9(12)2/h3-7H,1-2H3,(H,14,15). The van der Waals surface area contributed by atoms with Crippen LogP contribution < -0.4 is 0 Å². The number of hydrogen-bond donors (Lipinski definition) is 1. The van der Waals surface area contributed by atoms with Crippen LogP contribution >= 0.6 is 11.8 Å². The molecule has 1 N–H and O–H groups in total. The largest absolute Gasteiger partial charge is 0.478 e. The van der Waals surface area contributed by atoms with Crippen LogP contribution in [0.4, 0.5) is 0 Å². The van der Waals surface area contributed by atoms with Gasteiger partial charge < -0.3 is 9.52 Å². The molecule has 0 fully saturated rings. The zero-order valence-corrected chi connectivity index (χ0v) is 10.4. The molecule has 1 heterocycles. The fourth-order valence-electron chi connectivity index (χ4n) is 1.55. The molecule has 0 unspecified atom stereocenters. The Hall–Kier alpha value is -1.68. The number of rotatable bonds is 3. The molecule has 0 aliphatic rings. The first kappa shape index (κ1) is 11.8. The summed E-state index contributed by atoms with van der Waals surface area (Å²) in [5.74, 6) is -0.0199. The Bertz CT molecular complexity index is 558. The maximum Gasteiger partial charge on any atom is 0.335 e. The van der Waals surface area contributed by atoms with E-state index < -0.39 is 5.97 Å². The molecule has 0 saturated carbocycles. The molecule has 17 heavy (non-hydrogen) atoms. The fourth-order valence-corrected chi connectivity index (χ4v) is 2.49. The zero-order chi connectivity index (χ0) is 12.4. The van der Waals surface area contributed by atoms with Gasteiger partial charge in [-0.1, -0.05) is 11.8 Å². The predicted octanol–water partition coefficient (Wildman–Crippen LogP) is 3.75. The summed E-state index contributed by atoms with van der Waals surface area (Å²) in [6.45, 7) is 3.70. The second kappa shape index (κ2) is 4.67. The van der Waals surface area contributed by atoms with Crippen molar-refractivity contribution in [2.45, 2.75) is 23.6 Å². The lowest BCUT2D eigenvalue weighted by atomic mass is 10.1. The Morgan fingerprint density at radius 2 is 2.06 bits per heavy atom. The fraction of sp³-hybridized carbons (Fsp3) is 0.154. The van der Waals surface area contributed by atoms with Crippen molar-refractivity contribution in [2.75, 3.05) is 0 Å². The summed E-state index contributed by atoms with van der Waals surface area (Å²) in [6, 6.07) is 7.23. The Labute approximate surface area is 103 Å². The van der Waals surface area contributed by atoms with Gasteiger partial charge in [-0.3, -0.25) is 0 Å². The molecule has 1 aromatic heterocycles. The van der Waals surface area contributed by atoms with Gasteiger partial charge in [-0.15, -0.1) is 0 Å². The molecule has 0 aliphatic carbocycles. The average Bonchev–Trinajstić information content (AvgIpc) is 2.64. The first-order valence-corrected chi connectivity index (χ1v) is 5.95. The normalized spacial score (nSPS) is 10.5. The summed E-state index contributed by atoms with van der Waals surface area (Å²) in [5.41, 5.74) is 1.11. The third kappa shape index (κ3) is 2.53. The van der Waals surface area contributed by atoms with E-state index in [0.29, 0.717) is 5.56 Å². The van der Waals surface area contributed by atoms with Gasteiger partial charge in [0.2, 0.25) is 0 Å². The molecule has 0 radical (unpaired) electrons. The van der Waals surface area contributed by atoms with Crippen LogP contribution in [-0.2, 0) is 0 Å². The summed E-state index contributed by atoms with van der Waals surface area (Å²) < 4.78 is 5.21. The zero-order valence-electron chi connectivity index (χ0n) is 9.56. The van der Waals surface area contributed by atoms with Gasteiger partial charge in [0.25, 0.3) is 0 Å². The van der Waals surface area contributed by atoms with Crippen molar-refractivity contribution >= 4 is 17.7 Å². The minimum atomic E-state index is -0.890. The van der Waals surface area contributed by atoms with Gasteiger partial charge in [0.05, 0.1) is 16.7 Å². The van der Waals surface area contributed by atoms with Gasteiger partial charge in [-0.25, -0.2) is 4.79 Å². The van der Waals surface area contributed by atoms with E-state index in [1.165, 1.54) is 0 Å². The lowest BCUT2D eigenvalue weighted by Crippen LogP contribution is -1.98. The second-order valence-electron chi connectivity index (χ2n) is 3.72. The monoisotopic (exact) mass is 248 g/mol. The minimum absolute atomic E-state index is 0.346. The first-order valence-electron chi connectivity index (χ1n) is 5.14. The van der Waals surface area contributed by atoms with Gasteiger partial charge in [-0.05, 0) is 43.7 Å². The molecule has 0 bridgehead atoms. The van der Waals surface area contributed by atoms with Crippen LogP contribution in [0.5, 0.6) is 0 Å². The maximum atomic E-state index is 10.9. The number of carboxylic acids is 1. The van der Waals surface area contributed by atoms with E-state index in [4.69, 9.17) is 9.52 Å². The molecule has 0 aliphatic heterocycles. The van der Waals surface area contributed by atoms with Crippen LogP contribution in [0.1, 0.15) is 21.7 Å². The van der Waals surface area contributed by atoms with Crippen LogP contribution in [-0.4, -0.2) is 11.1 Å². The molecule has 0 atom stereocenters. The van der Waals surface area contributed by atoms with Crippen LogP contribution in [0.3, 0.4) is 0 Å². The smallest absolute Gasteiger partial charge is 0.335 e. The predicted molar refractivity (Wildman–Crippen MR) is 65.7 cm³/mol. The molecule has 0 saturated heterocycles. The molecule has 2 rings (SSSR count). The van der Waals surface area contributed by atoms with E-state index in [1.54, 1.807) is 31.0 Å². The third-order valence-corrected chi connectivity index (χ3v) is 3.60. The van der Waals surface area contributed by atoms with Gasteiger partial charge in [0.1, 0.15) is 5.76 Å². The lowest BCUT2D eigenvalue weighted by Gasteiger charge is -2.04. The van der Waals surface area contributed by atoms with E-state index in [0.717, 1.165) is 21.1 Å². The van der Waals surface area contributed by atoms with E-state index >= 15 is 0 Å². The Kier molecular flexibility index (Phi) is 3.24. The number of hydrogen-bond acceptors (Lipinski definition) is 3. The van der Waals surface area contributed by atoms with Crippen molar-refractivity contribution in [3.05, 3.63) is 47.4 Å². The molecular weight excluding hydrogens is 236 g/mol. The van der Waals surface area contributed by atoms with Crippen LogP contribution in [0.15, 0.2) is 44.7 Å². The second-order valence-corrected chi connectivity index (χ2v) is 4.84. The van der Waals surface area contributed by atoms with E-state index in [-0.39, 0.29) is 0 Å². The Morgan fingerprint density at radius 3 is 2.59 bits per heavy atom. The third-order valence-electron chi connectivity index (χ3n) is 2.47. The molecule has 0 amide bonds. The number of aromatic carboxylic acids is 1. The van der Waals surface area contributed by atoms with Gasteiger partial charge >= 0.3 is 5.97 Å². The maximum absolute atomic E-state index is 10.9. The van der Waals surface area contributed by atoms with Gasteiger partial charge in [0, 0.05) is 4.90 Å². The molecule has 88 valence electrons. The van der Waals surface area contributed by atoms with Crippen LogP contribution in [0.2, 0.25) is 0 Å². The highest BCUT2D eigenvalue weighted by Crippen LogP contribution is 2.31. The highest BCUT2D eigenvalue weighted by Gasteiger charge is 2.09. The Morgan fingerprint density at radius 1 is 1.29 bits per heavy atom. The number of aryl methyl sites for hydroxylation is 2. The molecule has 1 aromatic carbocycles. The first-order chi connectivity index (χ1) is 8.08. The summed E-state index contributed by atoms with van der Waals surface area (Å²) >= 11 is 1.57. The summed E-state index contributed by atoms with van der Waals surface area (Å²) in [6.07, 6.45) is 1.65. The number of carboxylic acid groups (broad SMARTS) is 1. The molecule has 3 nitrogen and oxygen atoms in total. The summed E-state index contributed by atoms with van der Waals surface area (Å²) in [7, 11) is 0. The van der Waals surface area contributed by atoms with Crippen molar-refractivity contribution in [1.82, 2.24) is 0 Å². The molecule has 0 spiro atoms. The molecular formula is C13H12O3S. The number of furan rings is 1. The van der Waals surface area contributed by atoms with Crippen molar-refractivity contribution < 1.29 is 14.3 Å². The van der Waals surface area contributed by atoms with Crippen molar-refractivity contribution in [1.29, 1.82) is 0 Å². The van der Waals surface area contributed by atoms with Gasteiger partial charge in [0.15, 0.2) is 0 Å². The highest BCUT2D eigenvalue weighted by atomic mass is 32.2. The lowest BCUT2D eigenvalue weighted by molar-refractivity contribution is 0.0696. The summed E-state index contributed by atoms with van der Waals surface area (Å²) in [5, 5.41) is 8.94. The van der Waals surface area contributed by atoms with Crippen LogP contribution in [0, 0.1) is 13.8 Å². The van der Waals surface area contributed by atoms with Crippen molar-refractivity contribution in [3.63, 3.8) is 0 Å². The molecule has 4 heteroatoms. The quantitative estimate of drug-likeness (QED) is 0.898. The van der Waals surface area contributed by atoms with Crippen LogP contribution in [0.25, 0.3) is 0 Å². The topological polar surface area (TPSA) is 50.4 Å². The number of benzene rings is 1. The number of carbonyl (C=O) groups is 1. The highest BCUT2D eigenvalue weighted by molar-refractivity contribution is 7.99. The minimum Gasteiger partial charge on any atom is -0.478 e. The van der Waals surface area contributed by atoms with E-state index in [2.05, 4.69) is 0 Å². The van der Waals surface area contributed by atoms with Crippen molar-refractivity contribution in [2.24, 2.45) is 0 Å². The Balaban J connectivity index is 2.27. The molecule has 2 aromatic rings. The average molecular weight is 248 g/mol. The van der Waals surface area contributed by atoms with E-state index in [9.17, 15) is 4.79 Å². The van der Waals surface area contributed by atoms with Gasteiger partial charge in [-0.2, -0.15) is 0 Å². The SMILES string of the molecule is Cc1cc(Sc2ccoc2C)ccc1C(=O)O. The van der Waals surface area contributed by atoms with E-state index in [1.807, 2.05) is 25.1 Å². The summed E-state index contributed by atoms with van der Waals surface area (Å²) in [4.78, 5) is 12.9. The van der Waals surface area contributed by atoms with Crippen molar-refractivity contribution in [3.8, 4) is 0 Å².